The molecule has 0 spiro atoms. The van der Waals surface area contributed by atoms with E-state index in [1.165, 1.54) is 13.2 Å². The maximum atomic E-state index is 12.1. The molecule has 0 aromatic carbocycles. The van der Waals surface area contributed by atoms with Gasteiger partial charge in [-0.25, -0.2) is 4.79 Å². The molecular formula is C15H18O4. The number of fused-ring (bicyclic) bond motifs is 3. The Morgan fingerprint density at radius 1 is 1.53 bits per heavy atom. The minimum Gasteiger partial charge on any atom is -0.466 e. The number of carbonyl (C=O) groups excluding carboxylic acids is 2. The number of hydrogen-bond donors (Lipinski definition) is 1. The molecule has 0 bridgehead atoms. The first-order valence-electron chi connectivity index (χ1n) is 6.61. The topological polar surface area (TPSA) is 63.6 Å². The van der Waals surface area contributed by atoms with E-state index in [1.807, 2.05) is 6.92 Å². The van der Waals surface area contributed by atoms with Crippen LogP contribution in [0.15, 0.2) is 23.8 Å². The fraction of sp³-hybridized carbons (Fsp3) is 0.600. The van der Waals surface area contributed by atoms with Gasteiger partial charge in [0.2, 0.25) is 0 Å². The lowest BCUT2D eigenvalue weighted by atomic mass is 9.76. The van der Waals surface area contributed by atoms with E-state index in [2.05, 4.69) is 6.58 Å². The van der Waals surface area contributed by atoms with Crippen LogP contribution in [0.5, 0.6) is 0 Å². The summed E-state index contributed by atoms with van der Waals surface area (Å²) >= 11 is 0. The van der Waals surface area contributed by atoms with Crippen LogP contribution in [-0.2, 0) is 14.3 Å². The highest BCUT2D eigenvalue weighted by Crippen LogP contribution is 2.64. The maximum Gasteiger partial charge on any atom is 0.334 e. The predicted octanol–water partition coefficient (Wildman–Crippen LogP) is 1.25. The molecule has 1 N–H and O–H groups in total. The van der Waals surface area contributed by atoms with Crippen LogP contribution in [0.3, 0.4) is 0 Å². The molecule has 0 saturated heterocycles. The van der Waals surface area contributed by atoms with Crippen molar-refractivity contribution >= 4 is 11.8 Å². The Hall–Kier alpha value is -1.42. The minimum absolute atomic E-state index is 0.00398. The van der Waals surface area contributed by atoms with E-state index in [0.717, 1.165) is 18.4 Å². The SMILES string of the molecule is C=C1CC[C@]2(C)[C@H]1[C@H]1C(C(=O)OC)=CC(=O)[C@H]1[C@@H]2O. The van der Waals surface area contributed by atoms with Crippen LogP contribution in [0.1, 0.15) is 19.8 Å². The summed E-state index contributed by atoms with van der Waals surface area (Å²) in [6.45, 7) is 6.08. The average molecular weight is 262 g/mol. The van der Waals surface area contributed by atoms with Crippen LogP contribution in [-0.4, -0.2) is 30.1 Å². The molecule has 0 aliphatic heterocycles. The number of aliphatic hydroxyl groups is 1. The van der Waals surface area contributed by atoms with Gasteiger partial charge >= 0.3 is 5.97 Å². The van der Waals surface area contributed by atoms with Gasteiger partial charge in [0.15, 0.2) is 5.78 Å². The van der Waals surface area contributed by atoms with Gasteiger partial charge in [-0.05, 0) is 24.8 Å². The maximum absolute atomic E-state index is 12.1. The van der Waals surface area contributed by atoms with Gasteiger partial charge in [0.05, 0.1) is 19.1 Å². The summed E-state index contributed by atoms with van der Waals surface area (Å²) in [5.41, 5.74) is 1.11. The van der Waals surface area contributed by atoms with Gasteiger partial charge in [0, 0.05) is 16.9 Å². The smallest absolute Gasteiger partial charge is 0.334 e. The summed E-state index contributed by atoms with van der Waals surface area (Å²) in [4.78, 5) is 24.0. The van der Waals surface area contributed by atoms with Gasteiger partial charge in [-0.15, -0.1) is 0 Å². The Bertz CT molecular complexity index is 518. The lowest BCUT2D eigenvalue weighted by Crippen LogP contribution is -2.33. The Balaban J connectivity index is 2.09. The number of methoxy groups -OCH3 is 1. The summed E-state index contributed by atoms with van der Waals surface area (Å²) in [7, 11) is 1.31. The molecule has 0 unspecified atom stereocenters. The molecule has 3 aliphatic carbocycles. The third-order valence-corrected chi connectivity index (χ3v) is 5.30. The van der Waals surface area contributed by atoms with Crippen LogP contribution in [0.4, 0.5) is 0 Å². The average Bonchev–Trinajstić information content (AvgIpc) is 2.93. The number of hydrogen-bond acceptors (Lipinski definition) is 4. The van der Waals surface area contributed by atoms with Crippen molar-refractivity contribution in [3.05, 3.63) is 23.8 Å². The quantitative estimate of drug-likeness (QED) is 0.570. The molecular weight excluding hydrogens is 244 g/mol. The van der Waals surface area contributed by atoms with Crippen LogP contribution in [0.2, 0.25) is 0 Å². The lowest BCUT2D eigenvalue weighted by molar-refractivity contribution is -0.136. The van der Waals surface area contributed by atoms with Crippen LogP contribution >= 0.6 is 0 Å². The van der Waals surface area contributed by atoms with E-state index in [9.17, 15) is 14.7 Å². The Morgan fingerprint density at radius 2 is 2.21 bits per heavy atom. The van der Waals surface area contributed by atoms with Crippen LogP contribution < -0.4 is 0 Å². The molecule has 3 rings (SSSR count). The van der Waals surface area contributed by atoms with Crippen molar-refractivity contribution in [2.24, 2.45) is 23.2 Å². The van der Waals surface area contributed by atoms with E-state index in [1.54, 1.807) is 0 Å². The van der Waals surface area contributed by atoms with Crippen LogP contribution in [0, 0.1) is 23.2 Å². The fourth-order valence-electron chi connectivity index (χ4n) is 4.38. The molecule has 4 heteroatoms. The zero-order chi connectivity index (χ0) is 13.9. The van der Waals surface area contributed by atoms with E-state index in [0.29, 0.717) is 5.57 Å². The van der Waals surface area contributed by atoms with Crippen molar-refractivity contribution in [1.82, 2.24) is 0 Å². The van der Waals surface area contributed by atoms with Crippen molar-refractivity contribution in [2.75, 3.05) is 7.11 Å². The molecule has 0 radical (unpaired) electrons. The van der Waals surface area contributed by atoms with Gasteiger partial charge in [-0.2, -0.15) is 0 Å². The lowest BCUT2D eigenvalue weighted by Gasteiger charge is -2.30. The number of esters is 1. The summed E-state index contributed by atoms with van der Waals surface area (Å²) in [6, 6.07) is 0. The first-order chi connectivity index (χ1) is 8.91. The van der Waals surface area contributed by atoms with Gasteiger partial charge in [-0.3, -0.25) is 4.79 Å². The highest BCUT2D eigenvalue weighted by molar-refractivity contribution is 6.06. The first kappa shape index (κ1) is 12.6. The molecule has 2 saturated carbocycles. The van der Waals surface area contributed by atoms with Crippen molar-refractivity contribution in [1.29, 1.82) is 0 Å². The second kappa shape index (κ2) is 3.79. The van der Waals surface area contributed by atoms with Gasteiger partial charge in [-0.1, -0.05) is 19.1 Å². The number of allylic oxidation sites excluding steroid dienone is 2. The third-order valence-electron chi connectivity index (χ3n) is 5.30. The molecule has 0 amide bonds. The van der Waals surface area contributed by atoms with E-state index in [4.69, 9.17) is 4.74 Å². The number of rotatable bonds is 1. The fourth-order valence-corrected chi connectivity index (χ4v) is 4.38. The highest BCUT2D eigenvalue weighted by Gasteiger charge is 2.65. The standard InChI is InChI=1S/C15H18O4/c1-7-4-5-15(2)12(7)10-8(14(18)19-3)6-9(16)11(10)13(15)17/h6,10-13,17H,1,4-5H2,2-3H3/t10-,11+,12+,13-,15+/m0/s1. The van der Waals surface area contributed by atoms with E-state index in [-0.39, 0.29) is 23.0 Å². The van der Waals surface area contributed by atoms with Crippen molar-refractivity contribution in [3.8, 4) is 0 Å². The predicted molar refractivity (Wildman–Crippen MR) is 68.1 cm³/mol. The number of ether oxygens (including phenoxy) is 1. The summed E-state index contributed by atoms with van der Waals surface area (Å²) in [6.07, 6.45) is 2.33. The van der Waals surface area contributed by atoms with Gasteiger partial charge in [0.1, 0.15) is 0 Å². The second-order valence-electron chi connectivity index (χ2n) is 6.13. The number of ketones is 1. The third kappa shape index (κ3) is 1.38. The number of carbonyl (C=O) groups is 2. The monoisotopic (exact) mass is 262 g/mol. The molecule has 0 aromatic heterocycles. The summed E-state index contributed by atoms with van der Waals surface area (Å²) in [5.74, 6) is -1.36. The highest BCUT2D eigenvalue weighted by atomic mass is 16.5. The minimum atomic E-state index is -0.701. The van der Waals surface area contributed by atoms with E-state index < -0.39 is 18.0 Å². The zero-order valence-corrected chi connectivity index (χ0v) is 11.2. The Labute approximate surface area is 112 Å². The normalized spacial score (nSPS) is 44.1. The molecule has 0 aromatic rings. The summed E-state index contributed by atoms with van der Waals surface area (Å²) in [5, 5.41) is 10.5. The van der Waals surface area contributed by atoms with Gasteiger partial charge in [0.25, 0.3) is 0 Å². The van der Waals surface area contributed by atoms with Crippen LogP contribution in [0.25, 0.3) is 0 Å². The van der Waals surface area contributed by atoms with Crippen molar-refractivity contribution < 1.29 is 19.4 Å². The molecule has 3 aliphatic rings. The summed E-state index contributed by atoms with van der Waals surface area (Å²) < 4.78 is 4.77. The Morgan fingerprint density at radius 3 is 2.84 bits per heavy atom. The Kier molecular flexibility index (Phi) is 2.52. The van der Waals surface area contributed by atoms with Gasteiger partial charge < -0.3 is 9.84 Å². The van der Waals surface area contributed by atoms with E-state index >= 15 is 0 Å². The largest absolute Gasteiger partial charge is 0.466 e. The zero-order valence-electron chi connectivity index (χ0n) is 11.2. The molecule has 102 valence electrons. The molecule has 2 fully saturated rings. The number of aliphatic hydroxyl groups excluding tert-OH is 1. The first-order valence-corrected chi connectivity index (χ1v) is 6.61. The van der Waals surface area contributed by atoms with Crippen molar-refractivity contribution in [3.63, 3.8) is 0 Å². The molecule has 4 nitrogen and oxygen atoms in total. The van der Waals surface area contributed by atoms with Crippen molar-refractivity contribution in [2.45, 2.75) is 25.9 Å². The second-order valence-corrected chi connectivity index (χ2v) is 6.13. The molecule has 0 heterocycles. The molecule has 5 atom stereocenters. The molecule has 19 heavy (non-hydrogen) atoms.